The Morgan fingerprint density at radius 1 is 1.27 bits per heavy atom. The summed E-state index contributed by atoms with van der Waals surface area (Å²) in [6.07, 6.45) is 1.30. The first-order valence-electron chi connectivity index (χ1n) is 6.29. The molecular formula is C16H12N2O3S. The summed E-state index contributed by atoms with van der Waals surface area (Å²) in [5.41, 5.74) is 0.870. The first kappa shape index (κ1) is 15.5. The molecule has 2 rings (SSSR count). The van der Waals surface area contributed by atoms with Gasteiger partial charge in [0.2, 0.25) is 5.78 Å². The van der Waals surface area contributed by atoms with Crippen LogP contribution in [0.1, 0.15) is 20.0 Å². The number of hydrogen-bond donors (Lipinski definition) is 1. The van der Waals surface area contributed by atoms with Gasteiger partial charge in [-0.15, -0.1) is 11.3 Å². The highest BCUT2D eigenvalue weighted by atomic mass is 32.1. The molecule has 0 saturated carbocycles. The standard InChI is InChI=1S/C16H12N2O3S/c1-21-16(20)15-13(7-8-22-15)18-10-12(9-17)14(19)11-5-3-2-4-6-11/h2-8,10,18H,1H3. The minimum absolute atomic E-state index is 0.0479. The third kappa shape index (κ3) is 3.40. The molecule has 0 saturated heterocycles. The number of methoxy groups -OCH3 is 1. The largest absolute Gasteiger partial charge is 0.465 e. The van der Waals surface area contributed by atoms with Crippen molar-refractivity contribution in [1.82, 2.24) is 0 Å². The van der Waals surface area contributed by atoms with E-state index in [1.807, 2.05) is 6.07 Å². The number of anilines is 1. The van der Waals surface area contributed by atoms with Crippen molar-refractivity contribution in [3.05, 3.63) is 64.0 Å². The number of carbonyl (C=O) groups is 2. The minimum Gasteiger partial charge on any atom is -0.465 e. The summed E-state index contributed by atoms with van der Waals surface area (Å²) in [6.45, 7) is 0. The summed E-state index contributed by atoms with van der Waals surface area (Å²) in [5.74, 6) is -0.857. The molecule has 0 unspecified atom stereocenters. The Kier molecular flexibility index (Phi) is 5.07. The Hall–Kier alpha value is -2.91. The number of benzene rings is 1. The van der Waals surface area contributed by atoms with E-state index in [2.05, 4.69) is 10.1 Å². The number of ether oxygens (including phenoxy) is 1. The average Bonchev–Trinajstić information content (AvgIpc) is 3.03. The van der Waals surface area contributed by atoms with Crippen LogP contribution in [-0.4, -0.2) is 18.9 Å². The lowest BCUT2D eigenvalue weighted by molar-refractivity contribution is 0.0607. The van der Waals surface area contributed by atoms with Gasteiger partial charge in [0, 0.05) is 11.8 Å². The number of allylic oxidation sites excluding steroid dienone is 1. The Labute approximate surface area is 131 Å². The highest BCUT2D eigenvalue weighted by Crippen LogP contribution is 2.23. The number of nitriles is 1. The summed E-state index contributed by atoms with van der Waals surface area (Å²) in [7, 11) is 1.29. The Bertz CT molecular complexity index is 757. The molecule has 0 fully saturated rings. The fraction of sp³-hybridized carbons (Fsp3) is 0.0625. The number of nitrogens with one attached hydrogen (secondary N) is 1. The van der Waals surface area contributed by atoms with Crippen LogP contribution < -0.4 is 5.32 Å². The van der Waals surface area contributed by atoms with Gasteiger partial charge in [-0.2, -0.15) is 5.26 Å². The van der Waals surface area contributed by atoms with Crippen LogP contribution in [0.5, 0.6) is 0 Å². The second kappa shape index (κ2) is 7.20. The molecule has 1 N–H and O–H groups in total. The zero-order valence-corrected chi connectivity index (χ0v) is 12.5. The molecule has 0 bridgehead atoms. The third-order valence-electron chi connectivity index (χ3n) is 2.81. The second-order valence-electron chi connectivity index (χ2n) is 4.16. The Morgan fingerprint density at radius 3 is 2.64 bits per heavy atom. The maximum absolute atomic E-state index is 12.2. The molecule has 0 radical (unpaired) electrons. The number of hydrogen-bond acceptors (Lipinski definition) is 6. The van der Waals surface area contributed by atoms with Gasteiger partial charge in [0.15, 0.2) is 0 Å². The summed E-state index contributed by atoms with van der Waals surface area (Å²) >= 11 is 1.21. The predicted molar refractivity (Wildman–Crippen MR) is 83.7 cm³/mol. The fourth-order valence-corrected chi connectivity index (χ4v) is 2.49. The van der Waals surface area contributed by atoms with E-state index >= 15 is 0 Å². The molecule has 0 amide bonds. The van der Waals surface area contributed by atoms with Gasteiger partial charge in [0.1, 0.15) is 16.5 Å². The van der Waals surface area contributed by atoms with Crippen molar-refractivity contribution in [3.63, 3.8) is 0 Å². The van der Waals surface area contributed by atoms with E-state index in [1.54, 1.807) is 41.8 Å². The molecule has 22 heavy (non-hydrogen) atoms. The molecule has 6 heteroatoms. The van der Waals surface area contributed by atoms with Crippen molar-refractivity contribution in [2.24, 2.45) is 0 Å². The maximum atomic E-state index is 12.2. The van der Waals surface area contributed by atoms with E-state index in [4.69, 9.17) is 5.26 Å². The number of nitrogens with zero attached hydrogens (tertiary/aromatic N) is 1. The second-order valence-corrected chi connectivity index (χ2v) is 5.08. The van der Waals surface area contributed by atoms with Crippen LogP contribution in [0.15, 0.2) is 53.6 Å². The number of Topliss-reactive ketones (excluding diaryl/α,β-unsaturated/α-hetero) is 1. The number of ketones is 1. The topological polar surface area (TPSA) is 79.2 Å². The summed E-state index contributed by atoms with van der Waals surface area (Å²) in [6, 6.07) is 12.1. The molecule has 0 aliphatic heterocycles. The van der Waals surface area contributed by atoms with Gasteiger partial charge in [-0.3, -0.25) is 4.79 Å². The molecule has 0 aliphatic rings. The lowest BCUT2D eigenvalue weighted by atomic mass is 10.1. The number of esters is 1. The number of carbonyl (C=O) groups excluding carboxylic acids is 2. The van der Waals surface area contributed by atoms with Gasteiger partial charge in [0.25, 0.3) is 0 Å². The summed E-state index contributed by atoms with van der Waals surface area (Å²) in [5, 5.41) is 13.7. The van der Waals surface area contributed by atoms with E-state index in [9.17, 15) is 9.59 Å². The van der Waals surface area contributed by atoms with Crippen LogP contribution in [-0.2, 0) is 4.74 Å². The van der Waals surface area contributed by atoms with Crippen LogP contribution >= 0.6 is 11.3 Å². The van der Waals surface area contributed by atoms with Gasteiger partial charge in [-0.25, -0.2) is 4.79 Å². The first-order valence-corrected chi connectivity index (χ1v) is 7.17. The van der Waals surface area contributed by atoms with Crippen LogP contribution in [0.3, 0.4) is 0 Å². The molecular weight excluding hydrogens is 300 g/mol. The van der Waals surface area contributed by atoms with Crippen molar-refractivity contribution < 1.29 is 14.3 Å². The quantitative estimate of drug-likeness (QED) is 0.397. The molecule has 0 spiro atoms. The monoisotopic (exact) mass is 312 g/mol. The van der Waals surface area contributed by atoms with Crippen LogP contribution in [0.2, 0.25) is 0 Å². The number of rotatable bonds is 5. The Balaban J connectivity index is 2.21. The molecule has 110 valence electrons. The van der Waals surface area contributed by atoms with Gasteiger partial charge in [0.05, 0.1) is 12.8 Å². The van der Waals surface area contributed by atoms with Crippen molar-refractivity contribution in [1.29, 1.82) is 5.26 Å². The molecule has 0 atom stereocenters. The molecule has 0 aliphatic carbocycles. The maximum Gasteiger partial charge on any atom is 0.350 e. The van der Waals surface area contributed by atoms with Gasteiger partial charge in [-0.1, -0.05) is 30.3 Å². The van der Waals surface area contributed by atoms with Crippen LogP contribution in [0.25, 0.3) is 0 Å². The van der Waals surface area contributed by atoms with Crippen molar-refractivity contribution in [3.8, 4) is 6.07 Å². The predicted octanol–water partition coefficient (Wildman–Crippen LogP) is 3.24. The summed E-state index contributed by atoms with van der Waals surface area (Å²) in [4.78, 5) is 24.1. The van der Waals surface area contributed by atoms with E-state index in [1.165, 1.54) is 24.6 Å². The van der Waals surface area contributed by atoms with Crippen LogP contribution in [0.4, 0.5) is 5.69 Å². The van der Waals surface area contributed by atoms with Crippen LogP contribution in [0, 0.1) is 11.3 Å². The fourth-order valence-electron chi connectivity index (χ4n) is 1.72. The van der Waals surface area contributed by atoms with E-state index in [-0.39, 0.29) is 11.4 Å². The smallest absolute Gasteiger partial charge is 0.350 e. The molecule has 1 heterocycles. The zero-order valence-electron chi connectivity index (χ0n) is 11.7. The lowest BCUT2D eigenvalue weighted by Gasteiger charge is -2.03. The van der Waals surface area contributed by atoms with Gasteiger partial charge >= 0.3 is 5.97 Å². The lowest BCUT2D eigenvalue weighted by Crippen LogP contribution is -2.06. The van der Waals surface area contributed by atoms with E-state index in [0.29, 0.717) is 16.1 Å². The number of thiophene rings is 1. The van der Waals surface area contributed by atoms with E-state index in [0.717, 1.165) is 0 Å². The average molecular weight is 312 g/mol. The van der Waals surface area contributed by atoms with Crippen molar-refractivity contribution in [2.45, 2.75) is 0 Å². The van der Waals surface area contributed by atoms with Crippen molar-refractivity contribution >= 4 is 28.8 Å². The highest BCUT2D eigenvalue weighted by molar-refractivity contribution is 7.12. The minimum atomic E-state index is -0.473. The normalized spacial score (nSPS) is 10.6. The van der Waals surface area contributed by atoms with Gasteiger partial charge in [-0.05, 0) is 11.4 Å². The summed E-state index contributed by atoms with van der Waals surface area (Å²) < 4.78 is 4.66. The first-order chi connectivity index (χ1) is 10.7. The van der Waals surface area contributed by atoms with Gasteiger partial charge < -0.3 is 10.1 Å². The third-order valence-corrected chi connectivity index (χ3v) is 3.70. The zero-order chi connectivity index (χ0) is 15.9. The molecule has 1 aromatic heterocycles. The molecule has 1 aromatic carbocycles. The molecule has 2 aromatic rings. The Morgan fingerprint density at radius 2 is 2.00 bits per heavy atom. The van der Waals surface area contributed by atoms with Crippen molar-refractivity contribution in [2.75, 3.05) is 12.4 Å². The molecule has 5 nitrogen and oxygen atoms in total. The SMILES string of the molecule is COC(=O)c1sccc1NC=C(C#N)C(=O)c1ccccc1. The highest BCUT2D eigenvalue weighted by Gasteiger charge is 2.15. The van der Waals surface area contributed by atoms with E-state index < -0.39 is 5.97 Å².